The average Bonchev–Trinajstić information content (AvgIpc) is 2.98. The van der Waals surface area contributed by atoms with E-state index in [4.69, 9.17) is 12.2 Å². The summed E-state index contributed by atoms with van der Waals surface area (Å²) < 4.78 is 0.572. The fourth-order valence-corrected chi connectivity index (χ4v) is 5.54. The van der Waals surface area contributed by atoms with Crippen LogP contribution in [0.2, 0.25) is 0 Å². The Labute approximate surface area is 188 Å². The fraction of sp³-hybridized carbons (Fsp3) is 0.280. The molecule has 3 nitrogen and oxygen atoms in total. The normalized spacial score (nSPS) is 19.3. The lowest BCUT2D eigenvalue weighted by atomic mass is 9.88. The van der Waals surface area contributed by atoms with Crippen LogP contribution in [0.25, 0.3) is 11.6 Å². The molecule has 0 aliphatic carbocycles. The smallest absolute Gasteiger partial charge is 0.270 e. The number of para-hydroxylation sites is 1. The van der Waals surface area contributed by atoms with Gasteiger partial charge in [0, 0.05) is 17.8 Å². The van der Waals surface area contributed by atoms with Crippen molar-refractivity contribution in [2.45, 2.75) is 39.7 Å². The van der Waals surface area contributed by atoms with E-state index in [9.17, 15) is 4.79 Å². The number of amides is 1. The van der Waals surface area contributed by atoms with Crippen LogP contribution in [0.1, 0.15) is 45.2 Å². The van der Waals surface area contributed by atoms with Gasteiger partial charge in [-0.1, -0.05) is 61.2 Å². The summed E-state index contributed by atoms with van der Waals surface area (Å²) in [6.45, 7) is 9.92. The van der Waals surface area contributed by atoms with E-state index in [0.29, 0.717) is 9.23 Å². The average molecular weight is 435 g/mol. The van der Waals surface area contributed by atoms with E-state index in [-0.39, 0.29) is 11.4 Å². The predicted molar refractivity (Wildman–Crippen MR) is 134 cm³/mol. The van der Waals surface area contributed by atoms with Crippen LogP contribution in [-0.4, -0.2) is 22.3 Å². The van der Waals surface area contributed by atoms with Crippen LogP contribution in [0.5, 0.6) is 0 Å². The number of anilines is 2. The minimum absolute atomic E-state index is 0.00722. The van der Waals surface area contributed by atoms with Crippen LogP contribution in [0.15, 0.2) is 59.5 Å². The molecule has 0 unspecified atom stereocenters. The molecule has 0 atom stereocenters. The molecule has 4 rings (SSSR count). The number of rotatable bonds is 4. The highest BCUT2D eigenvalue weighted by atomic mass is 32.2. The van der Waals surface area contributed by atoms with Crippen molar-refractivity contribution in [3.05, 3.63) is 70.6 Å². The predicted octanol–water partition coefficient (Wildman–Crippen LogP) is 6.50. The highest BCUT2D eigenvalue weighted by Crippen LogP contribution is 2.41. The van der Waals surface area contributed by atoms with Crippen LogP contribution in [0.4, 0.5) is 11.4 Å². The molecule has 2 aromatic rings. The molecule has 5 heteroatoms. The zero-order valence-corrected chi connectivity index (χ0v) is 19.4. The molecule has 0 aromatic heterocycles. The Kier molecular flexibility index (Phi) is 5.60. The topological polar surface area (TPSA) is 23.6 Å². The Bertz CT molecular complexity index is 1070. The van der Waals surface area contributed by atoms with E-state index in [1.165, 1.54) is 28.6 Å². The van der Waals surface area contributed by atoms with E-state index in [0.717, 1.165) is 24.2 Å². The SMILES string of the molecule is CCCN1c2ccc(/C=C3/SC(=S)N(c4ccccc4)C3=O)cc2C(C)=CC1(C)C. The van der Waals surface area contributed by atoms with Gasteiger partial charge in [0.05, 0.1) is 16.1 Å². The molecule has 2 heterocycles. The number of carbonyl (C=O) groups is 1. The zero-order chi connectivity index (χ0) is 21.5. The Morgan fingerprint density at radius 1 is 1.13 bits per heavy atom. The van der Waals surface area contributed by atoms with Crippen molar-refractivity contribution in [3.8, 4) is 0 Å². The van der Waals surface area contributed by atoms with Crippen LogP contribution in [-0.2, 0) is 4.79 Å². The van der Waals surface area contributed by atoms with Crippen LogP contribution < -0.4 is 9.80 Å². The summed E-state index contributed by atoms with van der Waals surface area (Å²) in [5, 5.41) is 0. The maximum atomic E-state index is 13.0. The van der Waals surface area contributed by atoms with Crippen molar-refractivity contribution in [1.29, 1.82) is 0 Å². The zero-order valence-electron chi connectivity index (χ0n) is 17.8. The van der Waals surface area contributed by atoms with Gasteiger partial charge in [0.2, 0.25) is 0 Å². The van der Waals surface area contributed by atoms with Crippen molar-refractivity contribution in [2.24, 2.45) is 0 Å². The second kappa shape index (κ2) is 8.05. The summed E-state index contributed by atoms with van der Waals surface area (Å²) in [6, 6.07) is 16.1. The number of benzene rings is 2. The van der Waals surface area contributed by atoms with Crippen LogP contribution in [0.3, 0.4) is 0 Å². The lowest BCUT2D eigenvalue weighted by Crippen LogP contribution is -2.45. The molecule has 1 amide bonds. The summed E-state index contributed by atoms with van der Waals surface area (Å²) in [5.41, 5.74) is 5.59. The highest BCUT2D eigenvalue weighted by molar-refractivity contribution is 8.27. The number of fused-ring (bicyclic) bond motifs is 1. The number of nitrogens with zero attached hydrogens (tertiary/aromatic N) is 2. The number of hydrogen-bond acceptors (Lipinski definition) is 4. The number of carbonyl (C=O) groups excluding carboxylic acids is 1. The van der Waals surface area contributed by atoms with E-state index in [1.54, 1.807) is 4.90 Å². The van der Waals surface area contributed by atoms with E-state index in [2.05, 4.69) is 56.9 Å². The van der Waals surface area contributed by atoms with Crippen LogP contribution >= 0.6 is 24.0 Å². The van der Waals surface area contributed by atoms with Crippen molar-refractivity contribution in [2.75, 3.05) is 16.3 Å². The summed E-state index contributed by atoms with van der Waals surface area (Å²) in [6.07, 6.45) is 5.39. The third-order valence-electron chi connectivity index (χ3n) is 5.55. The minimum Gasteiger partial charge on any atom is -0.362 e. The fourth-order valence-electron chi connectivity index (χ4n) is 4.24. The molecule has 2 aromatic carbocycles. The molecule has 2 aliphatic rings. The van der Waals surface area contributed by atoms with Gasteiger partial charge in [0.15, 0.2) is 4.32 Å². The van der Waals surface area contributed by atoms with Crippen molar-refractivity contribution < 1.29 is 4.79 Å². The van der Waals surface area contributed by atoms with Crippen molar-refractivity contribution >= 4 is 57.2 Å². The molecule has 1 fully saturated rings. The third-order valence-corrected chi connectivity index (χ3v) is 6.86. The minimum atomic E-state index is -0.0603. The Morgan fingerprint density at radius 2 is 1.87 bits per heavy atom. The molecule has 0 radical (unpaired) electrons. The van der Waals surface area contributed by atoms with Gasteiger partial charge < -0.3 is 4.90 Å². The van der Waals surface area contributed by atoms with Crippen LogP contribution in [0, 0.1) is 0 Å². The lowest BCUT2D eigenvalue weighted by molar-refractivity contribution is -0.113. The second-order valence-corrected chi connectivity index (χ2v) is 9.94. The number of thiocarbonyl (C=S) groups is 1. The van der Waals surface area contributed by atoms with Gasteiger partial charge in [-0.2, -0.15) is 0 Å². The quantitative estimate of drug-likeness (QED) is 0.404. The first kappa shape index (κ1) is 20.9. The summed E-state index contributed by atoms with van der Waals surface area (Å²) >= 11 is 6.85. The molecule has 0 N–H and O–H groups in total. The molecule has 0 saturated carbocycles. The first-order valence-corrected chi connectivity index (χ1v) is 11.5. The summed E-state index contributed by atoms with van der Waals surface area (Å²) in [5.74, 6) is -0.0603. The first-order chi connectivity index (χ1) is 14.3. The highest BCUT2D eigenvalue weighted by Gasteiger charge is 2.34. The van der Waals surface area contributed by atoms with Gasteiger partial charge >= 0.3 is 0 Å². The van der Waals surface area contributed by atoms with Gasteiger partial charge in [-0.3, -0.25) is 9.69 Å². The van der Waals surface area contributed by atoms with E-state index in [1.807, 2.05) is 36.4 Å². The molecule has 0 spiro atoms. The Balaban J connectivity index is 1.68. The Hall–Kier alpha value is -2.37. The summed E-state index contributed by atoms with van der Waals surface area (Å²) in [4.78, 5) is 17.8. The van der Waals surface area contributed by atoms with Gasteiger partial charge in [-0.15, -0.1) is 0 Å². The first-order valence-electron chi connectivity index (χ1n) is 10.3. The molecular weight excluding hydrogens is 408 g/mol. The van der Waals surface area contributed by atoms with Crippen molar-refractivity contribution in [1.82, 2.24) is 0 Å². The van der Waals surface area contributed by atoms with Gasteiger partial charge in [-0.05, 0) is 68.7 Å². The molecular formula is C25H26N2OS2. The molecule has 154 valence electrons. The van der Waals surface area contributed by atoms with Crippen molar-refractivity contribution in [3.63, 3.8) is 0 Å². The maximum absolute atomic E-state index is 13.0. The standard InChI is InChI=1S/C25H26N2OS2/c1-5-13-26-21-12-11-18(14-20(21)17(2)16-25(26,3)4)15-22-23(28)27(24(29)30-22)19-9-7-6-8-10-19/h6-12,14-16H,5,13H2,1-4H3/b22-15+. The second-order valence-electron chi connectivity index (χ2n) is 8.26. The molecule has 30 heavy (non-hydrogen) atoms. The molecule has 0 bridgehead atoms. The summed E-state index contributed by atoms with van der Waals surface area (Å²) in [7, 11) is 0. The lowest BCUT2D eigenvalue weighted by Gasteiger charge is -2.43. The molecule has 2 aliphatic heterocycles. The van der Waals surface area contributed by atoms with E-state index < -0.39 is 0 Å². The van der Waals surface area contributed by atoms with Gasteiger partial charge in [0.1, 0.15) is 0 Å². The third kappa shape index (κ3) is 3.72. The van der Waals surface area contributed by atoms with Gasteiger partial charge in [0.25, 0.3) is 5.91 Å². The monoisotopic (exact) mass is 434 g/mol. The number of hydrogen-bond donors (Lipinski definition) is 0. The maximum Gasteiger partial charge on any atom is 0.270 e. The largest absolute Gasteiger partial charge is 0.362 e. The van der Waals surface area contributed by atoms with Gasteiger partial charge in [-0.25, -0.2) is 0 Å². The number of allylic oxidation sites excluding steroid dienone is 1. The molecule has 1 saturated heterocycles. The number of thioether (sulfide) groups is 1. The Morgan fingerprint density at radius 3 is 2.57 bits per heavy atom. The van der Waals surface area contributed by atoms with E-state index >= 15 is 0 Å².